The van der Waals surface area contributed by atoms with Crippen molar-refractivity contribution in [2.75, 3.05) is 17.2 Å². The highest BCUT2D eigenvalue weighted by Gasteiger charge is 2.34. The predicted molar refractivity (Wildman–Crippen MR) is 105 cm³/mol. The molecule has 1 atom stereocenters. The van der Waals surface area contributed by atoms with Gasteiger partial charge in [-0.2, -0.15) is 18.3 Å². The number of benzene rings is 1. The maximum Gasteiger partial charge on any atom is 0.416 e. The van der Waals surface area contributed by atoms with Gasteiger partial charge in [-0.1, -0.05) is 6.07 Å². The lowest BCUT2D eigenvalue weighted by Crippen LogP contribution is -2.46. The lowest BCUT2D eigenvalue weighted by molar-refractivity contribution is -0.137. The van der Waals surface area contributed by atoms with Crippen LogP contribution in [0, 0.1) is 0 Å². The third-order valence-electron chi connectivity index (χ3n) is 5.04. The van der Waals surface area contributed by atoms with E-state index in [-0.39, 0.29) is 12.5 Å². The van der Waals surface area contributed by atoms with Gasteiger partial charge in [-0.05, 0) is 48.7 Å². The first-order valence-corrected chi connectivity index (χ1v) is 9.25. The van der Waals surface area contributed by atoms with Crippen molar-refractivity contribution in [1.29, 1.82) is 0 Å². The lowest BCUT2D eigenvalue weighted by atomic mass is 10.0. The molecule has 10 heteroatoms. The zero-order chi connectivity index (χ0) is 21.5. The number of pyridine rings is 1. The zero-order valence-electron chi connectivity index (χ0n) is 15.8. The number of rotatable bonds is 4. The second-order valence-corrected chi connectivity index (χ2v) is 7.08. The monoisotopic (exact) mass is 416 g/mol. The van der Waals surface area contributed by atoms with Crippen LogP contribution in [0.25, 0.3) is 0 Å². The number of alkyl halides is 3. The van der Waals surface area contributed by atoms with Crippen LogP contribution in [0.3, 0.4) is 0 Å². The summed E-state index contributed by atoms with van der Waals surface area (Å²) in [4.78, 5) is 18.6. The number of aromatic nitrogens is 3. The number of nitrogen functional groups attached to an aromatic ring is 1. The fourth-order valence-electron chi connectivity index (χ4n) is 3.46. The van der Waals surface area contributed by atoms with Crippen molar-refractivity contribution >= 4 is 17.4 Å². The molecule has 0 fully saturated rings. The molecule has 0 unspecified atom stereocenters. The van der Waals surface area contributed by atoms with Gasteiger partial charge in [-0.25, -0.2) is 9.67 Å². The number of nitrogens with zero attached hydrogens (tertiary/aromatic N) is 4. The number of fused-ring (bicyclic) bond motifs is 1. The first kappa shape index (κ1) is 19.9. The Morgan fingerprint density at radius 1 is 1.07 bits per heavy atom. The number of anilines is 2. The van der Waals surface area contributed by atoms with E-state index in [2.05, 4.69) is 10.1 Å². The molecule has 3 aromatic rings. The van der Waals surface area contributed by atoms with E-state index in [1.165, 1.54) is 21.7 Å². The molecule has 30 heavy (non-hydrogen) atoms. The van der Waals surface area contributed by atoms with E-state index >= 15 is 0 Å². The van der Waals surface area contributed by atoms with Crippen LogP contribution < -0.4 is 16.4 Å². The van der Waals surface area contributed by atoms with Crippen molar-refractivity contribution in [3.05, 3.63) is 71.2 Å². The average Bonchev–Trinajstić information content (AvgIpc) is 3.15. The fraction of sp³-hybridized carbons (Fsp3) is 0.250. The summed E-state index contributed by atoms with van der Waals surface area (Å²) < 4.78 is 40.0. The molecule has 0 spiro atoms. The van der Waals surface area contributed by atoms with Crippen LogP contribution in [-0.4, -0.2) is 27.2 Å². The van der Waals surface area contributed by atoms with Crippen molar-refractivity contribution in [3.63, 3.8) is 0 Å². The molecule has 0 saturated heterocycles. The summed E-state index contributed by atoms with van der Waals surface area (Å²) in [6.45, 7) is 0.111. The topological polar surface area (TPSA) is 103 Å². The Morgan fingerprint density at radius 2 is 1.80 bits per heavy atom. The SMILES string of the molecule is Nc1ccc(CCc2cnn3c2C(=O)N(c2ccc(C(F)(F)F)cc2)C[C@@H]3N)cn1. The predicted octanol–water partition coefficient (Wildman–Crippen LogP) is 2.78. The van der Waals surface area contributed by atoms with Gasteiger partial charge < -0.3 is 16.4 Å². The second kappa shape index (κ2) is 7.45. The third-order valence-corrected chi connectivity index (χ3v) is 5.04. The van der Waals surface area contributed by atoms with Crippen molar-refractivity contribution in [2.45, 2.75) is 25.2 Å². The van der Waals surface area contributed by atoms with E-state index in [0.717, 1.165) is 17.7 Å². The van der Waals surface area contributed by atoms with Gasteiger partial charge in [0.2, 0.25) is 0 Å². The molecule has 1 amide bonds. The number of hydrogen-bond donors (Lipinski definition) is 2. The largest absolute Gasteiger partial charge is 0.416 e. The normalized spacial score (nSPS) is 16.6. The van der Waals surface area contributed by atoms with Gasteiger partial charge in [0.25, 0.3) is 5.91 Å². The molecule has 156 valence electrons. The minimum atomic E-state index is -4.44. The number of nitrogens with two attached hydrogens (primary N) is 2. The molecule has 4 N–H and O–H groups in total. The molecular formula is C20H19F3N6O. The summed E-state index contributed by atoms with van der Waals surface area (Å²) in [6.07, 6.45) is -0.619. The van der Waals surface area contributed by atoms with Crippen LogP contribution in [-0.2, 0) is 19.0 Å². The van der Waals surface area contributed by atoms with Crippen LogP contribution in [0.1, 0.15) is 33.3 Å². The van der Waals surface area contributed by atoms with E-state index < -0.39 is 17.9 Å². The molecule has 0 saturated carbocycles. The first-order chi connectivity index (χ1) is 14.2. The van der Waals surface area contributed by atoms with Gasteiger partial charge in [0.1, 0.15) is 17.7 Å². The second-order valence-electron chi connectivity index (χ2n) is 7.08. The van der Waals surface area contributed by atoms with Gasteiger partial charge in [0.15, 0.2) is 0 Å². The van der Waals surface area contributed by atoms with Crippen LogP contribution in [0.2, 0.25) is 0 Å². The molecule has 0 bridgehead atoms. The van der Waals surface area contributed by atoms with Crippen LogP contribution >= 0.6 is 0 Å². The highest BCUT2D eigenvalue weighted by atomic mass is 19.4. The van der Waals surface area contributed by atoms with Gasteiger partial charge >= 0.3 is 6.18 Å². The Bertz CT molecular complexity index is 1060. The van der Waals surface area contributed by atoms with Gasteiger partial charge in [0.05, 0.1) is 18.3 Å². The summed E-state index contributed by atoms with van der Waals surface area (Å²) in [5.41, 5.74) is 13.4. The smallest absolute Gasteiger partial charge is 0.384 e. The Morgan fingerprint density at radius 3 is 2.43 bits per heavy atom. The molecule has 1 aromatic carbocycles. The Balaban J connectivity index is 1.58. The molecule has 4 rings (SSSR count). The van der Waals surface area contributed by atoms with E-state index in [1.807, 2.05) is 6.07 Å². The third kappa shape index (κ3) is 3.73. The van der Waals surface area contributed by atoms with Crippen molar-refractivity contribution < 1.29 is 18.0 Å². The first-order valence-electron chi connectivity index (χ1n) is 9.25. The van der Waals surface area contributed by atoms with Crippen molar-refractivity contribution in [3.8, 4) is 0 Å². The summed E-state index contributed by atoms with van der Waals surface area (Å²) in [5.74, 6) is 0.0781. The highest BCUT2D eigenvalue weighted by molar-refractivity contribution is 6.06. The molecule has 0 aliphatic carbocycles. The van der Waals surface area contributed by atoms with Gasteiger partial charge in [-0.3, -0.25) is 4.79 Å². The Labute approximate surface area is 170 Å². The standard InChI is InChI=1S/C20H19F3N6O/c21-20(22,23)14-4-6-15(7-5-14)28-11-17(25)29-18(19(28)30)13(10-27-29)3-1-12-2-8-16(24)26-9-12/h2,4-10,17H,1,3,11,25H2,(H2,24,26)/t17-/m1/s1. The highest BCUT2D eigenvalue weighted by Crippen LogP contribution is 2.32. The summed E-state index contributed by atoms with van der Waals surface area (Å²) in [7, 11) is 0. The lowest BCUT2D eigenvalue weighted by Gasteiger charge is -2.32. The minimum Gasteiger partial charge on any atom is -0.384 e. The molecule has 2 aromatic heterocycles. The quantitative estimate of drug-likeness (QED) is 0.681. The van der Waals surface area contributed by atoms with E-state index in [1.54, 1.807) is 18.5 Å². The summed E-state index contributed by atoms with van der Waals surface area (Å²) >= 11 is 0. The molecule has 3 heterocycles. The number of amides is 1. The number of halogens is 3. The number of aryl methyl sites for hydroxylation is 2. The molecule has 1 aliphatic rings. The average molecular weight is 416 g/mol. The van der Waals surface area contributed by atoms with Crippen LogP contribution in [0.5, 0.6) is 0 Å². The van der Waals surface area contributed by atoms with Gasteiger partial charge in [0, 0.05) is 17.4 Å². The Kier molecular flexibility index (Phi) is 4.94. The summed E-state index contributed by atoms with van der Waals surface area (Å²) in [5, 5.41) is 4.25. The molecule has 0 radical (unpaired) electrons. The van der Waals surface area contributed by atoms with Crippen LogP contribution in [0.4, 0.5) is 24.7 Å². The zero-order valence-corrected chi connectivity index (χ0v) is 15.8. The maximum atomic E-state index is 13.1. The van der Waals surface area contributed by atoms with E-state index in [9.17, 15) is 18.0 Å². The minimum absolute atomic E-state index is 0.111. The van der Waals surface area contributed by atoms with Crippen LogP contribution in [0.15, 0.2) is 48.8 Å². The van der Waals surface area contributed by atoms with Gasteiger partial charge in [-0.15, -0.1) is 0 Å². The number of carbonyl (C=O) groups excluding carboxylic acids is 1. The maximum absolute atomic E-state index is 13.1. The molecule has 1 aliphatic heterocycles. The van der Waals surface area contributed by atoms with Crippen molar-refractivity contribution in [2.24, 2.45) is 5.73 Å². The number of hydrogen-bond acceptors (Lipinski definition) is 5. The van der Waals surface area contributed by atoms with E-state index in [0.29, 0.717) is 35.6 Å². The van der Waals surface area contributed by atoms with E-state index in [4.69, 9.17) is 11.5 Å². The Hall–Kier alpha value is -3.40. The molecule has 7 nitrogen and oxygen atoms in total. The summed E-state index contributed by atoms with van der Waals surface area (Å²) in [6, 6.07) is 8.03. The fourth-order valence-corrected chi connectivity index (χ4v) is 3.46. The van der Waals surface area contributed by atoms with Crippen molar-refractivity contribution in [1.82, 2.24) is 14.8 Å². The number of carbonyl (C=O) groups is 1. The molecular weight excluding hydrogens is 397 g/mol.